The van der Waals surface area contributed by atoms with Crippen LogP contribution in [0.5, 0.6) is 0 Å². The van der Waals surface area contributed by atoms with E-state index in [1.165, 1.54) is 12.1 Å². The summed E-state index contributed by atoms with van der Waals surface area (Å²) >= 11 is 0. The maximum Gasteiger partial charge on any atom is 0.416 e. The van der Waals surface area contributed by atoms with E-state index in [1.807, 2.05) is 11.9 Å². The summed E-state index contributed by atoms with van der Waals surface area (Å²) in [5.41, 5.74) is 0.622. The molecular formula is C12H15F3N2. The highest BCUT2D eigenvalue weighted by atomic mass is 19.4. The van der Waals surface area contributed by atoms with Crippen LogP contribution in [0, 0.1) is 0 Å². The third-order valence-corrected chi connectivity index (χ3v) is 3.15. The number of nitrogens with one attached hydrogen (secondary N) is 1. The minimum atomic E-state index is -4.28. The zero-order valence-electron chi connectivity index (χ0n) is 9.80. The van der Waals surface area contributed by atoms with Gasteiger partial charge in [-0.25, -0.2) is 0 Å². The van der Waals surface area contributed by atoms with Crippen molar-refractivity contribution in [2.75, 3.05) is 32.1 Å². The van der Waals surface area contributed by atoms with E-state index in [2.05, 4.69) is 5.32 Å². The van der Waals surface area contributed by atoms with Crippen molar-refractivity contribution >= 4 is 5.69 Å². The summed E-state index contributed by atoms with van der Waals surface area (Å²) < 4.78 is 38.8. The first-order valence-electron chi connectivity index (χ1n) is 5.51. The molecule has 0 aliphatic carbocycles. The molecular weight excluding hydrogens is 229 g/mol. The number of hydrogen-bond acceptors (Lipinski definition) is 2. The normalized spacial score (nSPS) is 19.6. The van der Waals surface area contributed by atoms with Gasteiger partial charge < -0.3 is 10.2 Å². The van der Waals surface area contributed by atoms with Crippen molar-refractivity contribution in [3.8, 4) is 0 Å². The molecule has 0 saturated heterocycles. The Morgan fingerprint density at radius 1 is 1.41 bits per heavy atom. The molecule has 17 heavy (non-hydrogen) atoms. The van der Waals surface area contributed by atoms with E-state index in [1.54, 1.807) is 13.1 Å². The van der Waals surface area contributed by atoms with Gasteiger partial charge in [0, 0.05) is 31.7 Å². The summed E-state index contributed by atoms with van der Waals surface area (Å²) in [6.07, 6.45) is -4.28. The molecule has 2 nitrogen and oxygen atoms in total. The first-order valence-corrected chi connectivity index (χ1v) is 5.51. The van der Waals surface area contributed by atoms with Gasteiger partial charge in [0.2, 0.25) is 0 Å². The van der Waals surface area contributed by atoms with Crippen LogP contribution in [0.3, 0.4) is 0 Å². The molecule has 94 valence electrons. The highest BCUT2D eigenvalue weighted by Crippen LogP contribution is 2.43. The highest BCUT2D eigenvalue weighted by molar-refractivity contribution is 5.63. The Morgan fingerprint density at radius 3 is 2.71 bits per heavy atom. The number of nitrogens with zero attached hydrogens (tertiary/aromatic N) is 1. The summed E-state index contributed by atoms with van der Waals surface area (Å²) in [5, 5.41) is 2.96. The zero-order valence-corrected chi connectivity index (χ0v) is 9.80. The fourth-order valence-electron chi connectivity index (χ4n) is 2.50. The fraction of sp³-hybridized carbons (Fsp3) is 0.500. The van der Waals surface area contributed by atoms with Crippen molar-refractivity contribution in [2.45, 2.75) is 12.1 Å². The predicted molar refractivity (Wildman–Crippen MR) is 61.4 cm³/mol. The van der Waals surface area contributed by atoms with Crippen LogP contribution < -0.4 is 10.2 Å². The first-order chi connectivity index (χ1) is 7.95. The van der Waals surface area contributed by atoms with Crippen LogP contribution in [0.25, 0.3) is 0 Å². The van der Waals surface area contributed by atoms with Crippen LogP contribution in [0.4, 0.5) is 18.9 Å². The van der Waals surface area contributed by atoms with E-state index < -0.39 is 11.7 Å². The second-order valence-corrected chi connectivity index (χ2v) is 4.37. The van der Waals surface area contributed by atoms with Gasteiger partial charge in [-0.15, -0.1) is 0 Å². The molecule has 1 aromatic rings. The monoisotopic (exact) mass is 244 g/mol. The molecule has 0 fully saturated rings. The lowest BCUT2D eigenvalue weighted by molar-refractivity contribution is -0.138. The van der Waals surface area contributed by atoms with Crippen molar-refractivity contribution in [1.82, 2.24) is 5.32 Å². The van der Waals surface area contributed by atoms with Gasteiger partial charge in [0.15, 0.2) is 0 Å². The zero-order chi connectivity index (χ0) is 12.6. The standard InChI is InChI=1S/C12H15F3N2/c1-16-6-8-7-17(2)10-5-3-4-9(11(8)10)12(13,14)15/h3-5,8,16H,6-7H2,1-2H3. The topological polar surface area (TPSA) is 15.3 Å². The lowest BCUT2D eigenvalue weighted by Crippen LogP contribution is -2.23. The minimum Gasteiger partial charge on any atom is -0.374 e. The van der Waals surface area contributed by atoms with Gasteiger partial charge in [-0.2, -0.15) is 13.2 Å². The average Bonchev–Trinajstić information content (AvgIpc) is 2.55. The van der Waals surface area contributed by atoms with Gasteiger partial charge in [-0.1, -0.05) is 6.07 Å². The Kier molecular flexibility index (Phi) is 3.03. The quantitative estimate of drug-likeness (QED) is 0.859. The van der Waals surface area contributed by atoms with Gasteiger partial charge >= 0.3 is 6.18 Å². The molecule has 0 saturated carbocycles. The summed E-state index contributed by atoms with van der Waals surface area (Å²) in [6.45, 7) is 1.19. The molecule has 1 unspecified atom stereocenters. The van der Waals surface area contributed by atoms with E-state index in [9.17, 15) is 13.2 Å². The lowest BCUT2D eigenvalue weighted by Gasteiger charge is -2.16. The molecule has 0 radical (unpaired) electrons. The number of fused-ring (bicyclic) bond motifs is 1. The van der Waals surface area contributed by atoms with Gasteiger partial charge in [0.1, 0.15) is 0 Å². The van der Waals surface area contributed by atoms with Gasteiger partial charge in [0.25, 0.3) is 0 Å². The van der Waals surface area contributed by atoms with Crippen molar-refractivity contribution in [3.63, 3.8) is 0 Å². The number of halogens is 3. The van der Waals surface area contributed by atoms with Crippen molar-refractivity contribution in [1.29, 1.82) is 0 Å². The Labute approximate surface area is 98.4 Å². The maximum atomic E-state index is 12.9. The van der Waals surface area contributed by atoms with E-state index in [-0.39, 0.29) is 5.92 Å². The second kappa shape index (κ2) is 4.22. The largest absolute Gasteiger partial charge is 0.416 e. The second-order valence-electron chi connectivity index (χ2n) is 4.37. The van der Waals surface area contributed by atoms with Crippen LogP contribution in [-0.2, 0) is 6.18 Å². The molecule has 5 heteroatoms. The number of benzene rings is 1. The summed E-state index contributed by atoms with van der Waals surface area (Å²) in [5.74, 6) is -0.0992. The first kappa shape index (κ1) is 12.2. The molecule has 1 heterocycles. The molecule has 1 aromatic carbocycles. The van der Waals surface area contributed by atoms with Gasteiger partial charge in [0.05, 0.1) is 5.56 Å². The maximum absolute atomic E-state index is 12.9. The molecule has 1 aliphatic rings. The van der Waals surface area contributed by atoms with Crippen molar-refractivity contribution in [3.05, 3.63) is 29.3 Å². The van der Waals surface area contributed by atoms with Crippen LogP contribution in [0.1, 0.15) is 17.0 Å². The molecule has 1 aliphatic heterocycles. The van der Waals surface area contributed by atoms with Gasteiger partial charge in [-0.3, -0.25) is 0 Å². The molecule has 1 atom stereocenters. The van der Waals surface area contributed by atoms with Crippen LogP contribution >= 0.6 is 0 Å². The number of alkyl halides is 3. The SMILES string of the molecule is CNCC1CN(C)c2cccc(C(F)(F)F)c21. The molecule has 0 amide bonds. The molecule has 0 spiro atoms. The molecule has 1 N–H and O–H groups in total. The number of hydrogen-bond donors (Lipinski definition) is 1. The molecule has 0 bridgehead atoms. The third-order valence-electron chi connectivity index (χ3n) is 3.15. The Bertz CT molecular complexity index is 415. The van der Waals surface area contributed by atoms with Crippen molar-refractivity contribution < 1.29 is 13.2 Å². The molecule has 0 aromatic heterocycles. The van der Waals surface area contributed by atoms with E-state index in [0.29, 0.717) is 24.3 Å². The number of anilines is 1. The van der Waals surface area contributed by atoms with Crippen LogP contribution in [0.2, 0.25) is 0 Å². The summed E-state index contributed by atoms with van der Waals surface area (Å²) in [6, 6.07) is 4.39. The Hall–Kier alpha value is -1.23. The lowest BCUT2D eigenvalue weighted by atomic mass is 9.95. The fourth-order valence-corrected chi connectivity index (χ4v) is 2.50. The smallest absolute Gasteiger partial charge is 0.374 e. The molecule has 2 rings (SSSR count). The highest BCUT2D eigenvalue weighted by Gasteiger charge is 2.39. The van der Waals surface area contributed by atoms with E-state index in [0.717, 1.165) is 0 Å². The summed E-state index contributed by atoms with van der Waals surface area (Å²) in [4.78, 5) is 1.88. The third kappa shape index (κ3) is 2.11. The number of rotatable bonds is 2. The van der Waals surface area contributed by atoms with Crippen LogP contribution in [-0.4, -0.2) is 27.2 Å². The van der Waals surface area contributed by atoms with Crippen LogP contribution in [0.15, 0.2) is 18.2 Å². The average molecular weight is 244 g/mol. The Morgan fingerprint density at radius 2 is 2.12 bits per heavy atom. The van der Waals surface area contributed by atoms with E-state index >= 15 is 0 Å². The van der Waals surface area contributed by atoms with Gasteiger partial charge in [-0.05, 0) is 24.7 Å². The predicted octanol–water partition coefficient (Wildman–Crippen LogP) is 2.46. The summed E-state index contributed by atoms with van der Waals surface area (Å²) in [7, 11) is 3.59. The van der Waals surface area contributed by atoms with Crippen molar-refractivity contribution in [2.24, 2.45) is 0 Å². The Balaban J connectivity index is 2.51. The number of likely N-dealkylation sites (N-methyl/N-ethyl adjacent to an activating group) is 2. The van der Waals surface area contributed by atoms with E-state index in [4.69, 9.17) is 0 Å². The minimum absolute atomic E-state index is 0.0992.